The molecule has 4 aliphatic rings. The standard InChI is InChI=1S/C18H24BrNS/c19-15-1-2-16(20)17(8-15)21-4-3-18-9-12-5-13(10-18)7-14(6-12)11-18/h1-2,8,12-14H,3-7,9-11,20H2. The topological polar surface area (TPSA) is 26.0 Å². The minimum Gasteiger partial charge on any atom is -0.398 e. The Kier molecular flexibility index (Phi) is 3.77. The maximum absolute atomic E-state index is 6.09. The summed E-state index contributed by atoms with van der Waals surface area (Å²) in [4.78, 5) is 1.24. The predicted octanol–water partition coefficient (Wildman–Crippen LogP) is 5.73. The van der Waals surface area contributed by atoms with Gasteiger partial charge in [0.1, 0.15) is 0 Å². The fourth-order valence-electron chi connectivity index (χ4n) is 5.61. The monoisotopic (exact) mass is 365 g/mol. The summed E-state index contributed by atoms with van der Waals surface area (Å²) < 4.78 is 1.13. The van der Waals surface area contributed by atoms with Crippen molar-refractivity contribution in [1.29, 1.82) is 0 Å². The van der Waals surface area contributed by atoms with Gasteiger partial charge < -0.3 is 5.73 Å². The van der Waals surface area contributed by atoms with E-state index in [9.17, 15) is 0 Å². The van der Waals surface area contributed by atoms with Crippen LogP contribution < -0.4 is 5.73 Å². The molecule has 0 atom stereocenters. The first-order valence-electron chi connectivity index (χ1n) is 8.30. The van der Waals surface area contributed by atoms with Crippen molar-refractivity contribution in [3.8, 4) is 0 Å². The van der Waals surface area contributed by atoms with Gasteiger partial charge in [-0.25, -0.2) is 0 Å². The van der Waals surface area contributed by atoms with Crippen LogP contribution in [-0.2, 0) is 0 Å². The second kappa shape index (κ2) is 5.49. The molecule has 0 aliphatic heterocycles. The van der Waals surface area contributed by atoms with Crippen LogP contribution in [-0.4, -0.2) is 5.75 Å². The molecule has 3 heteroatoms. The van der Waals surface area contributed by atoms with Crippen molar-refractivity contribution in [2.45, 2.75) is 49.8 Å². The number of halogens is 1. The predicted molar refractivity (Wildman–Crippen MR) is 94.5 cm³/mol. The van der Waals surface area contributed by atoms with Crippen LogP contribution >= 0.6 is 27.7 Å². The third-order valence-electron chi connectivity index (χ3n) is 6.03. The molecule has 1 nitrogen and oxygen atoms in total. The van der Waals surface area contributed by atoms with Crippen molar-refractivity contribution in [3.05, 3.63) is 22.7 Å². The summed E-state index contributed by atoms with van der Waals surface area (Å²) in [5.41, 5.74) is 7.72. The summed E-state index contributed by atoms with van der Waals surface area (Å²) in [6.45, 7) is 0. The maximum atomic E-state index is 6.09. The highest BCUT2D eigenvalue weighted by molar-refractivity contribution is 9.10. The van der Waals surface area contributed by atoms with Crippen LogP contribution in [0.3, 0.4) is 0 Å². The number of thioether (sulfide) groups is 1. The molecule has 1 aromatic carbocycles. The summed E-state index contributed by atoms with van der Waals surface area (Å²) in [6.07, 6.45) is 10.6. The highest BCUT2D eigenvalue weighted by Crippen LogP contribution is 2.61. The Bertz CT molecular complexity index is 507. The van der Waals surface area contributed by atoms with Gasteiger partial charge in [0.15, 0.2) is 0 Å². The summed E-state index contributed by atoms with van der Waals surface area (Å²) in [7, 11) is 0. The lowest BCUT2D eigenvalue weighted by Gasteiger charge is -2.57. The van der Waals surface area contributed by atoms with Gasteiger partial charge in [0.25, 0.3) is 0 Å². The molecular weight excluding hydrogens is 342 g/mol. The maximum Gasteiger partial charge on any atom is 0.0453 e. The molecule has 0 amide bonds. The molecule has 4 aliphatic carbocycles. The van der Waals surface area contributed by atoms with E-state index in [-0.39, 0.29) is 0 Å². The van der Waals surface area contributed by atoms with Crippen LogP contribution in [0.2, 0.25) is 0 Å². The zero-order valence-electron chi connectivity index (χ0n) is 12.5. The Morgan fingerprint density at radius 1 is 1.10 bits per heavy atom. The van der Waals surface area contributed by atoms with Crippen LogP contribution in [0.1, 0.15) is 44.9 Å². The second-order valence-electron chi connectivity index (χ2n) is 7.70. The highest BCUT2D eigenvalue weighted by atomic mass is 79.9. The third kappa shape index (κ3) is 2.88. The van der Waals surface area contributed by atoms with E-state index in [4.69, 9.17) is 5.73 Å². The lowest BCUT2D eigenvalue weighted by Crippen LogP contribution is -2.46. The number of nitrogen functional groups attached to an aromatic ring is 1. The Hall–Kier alpha value is -0.150. The largest absolute Gasteiger partial charge is 0.398 e. The van der Waals surface area contributed by atoms with Crippen molar-refractivity contribution < 1.29 is 0 Å². The first-order chi connectivity index (χ1) is 10.1. The van der Waals surface area contributed by atoms with E-state index in [1.54, 1.807) is 19.3 Å². The molecule has 0 unspecified atom stereocenters. The minimum absolute atomic E-state index is 0.697. The number of nitrogens with two attached hydrogens (primary N) is 1. The quantitative estimate of drug-likeness (QED) is 0.544. The van der Waals surface area contributed by atoms with E-state index < -0.39 is 0 Å². The molecule has 4 saturated carbocycles. The molecule has 0 radical (unpaired) electrons. The normalized spacial score (nSPS) is 37.1. The van der Waals surface area contributed by atoms with Crippen LogP contribution in [0, 0.1) is 23.2 Å². The smallest absolute Gasteiger partial charge is 0.0453 e. The van der Waals surface area contributed by atoms with Gasteiger partial charge in [0, 0.05) is 15.1 Å². The number of hydrogen-bond donors (Lipinski definition) is 1. The van der Waals surface area contributed by atoms with E-state index in [1.165, 1.54) is 36.3 Å². The van der Waals surface area contributed by atoms with Crippen molar-refractivity contribution in [3.63, 3.8) is 0 Å². The molecule has 0 heterocycles. The molecular formula is C18H24BrNS. The van der Waals surface area contributed by atoms with Crippen LogP contribution in [0.25, 0.3) is 0 Å². The van der Waals surface area contributed by atoms with Crippen LogP contribution in [0.4, 0.5) is 5.69 Å². The van der Waals surface area contributed by atoms with Gasteiger partial charge in [0.2, 0.25) is 0 Å². The zero-order valence-corrected chi connectivity index (χ0v) is 14.9. The number of hydrogen-bond acceptors (Lipinski definition) is 2. The van der Waals surface area contributed by atoms with E-state index in [2.05, 4.69) is 22.0 Å². The molecule has 5 rings (SSSR count). The van der Waals surface area contributed by atoms with Crippen molar-refractivity contribution in [2.24, 2.45) is 23.2 Å². The Morgan fingerprint density at radius 2 is 1.71 bits per heavy atom. The molecule has 2 N–H and O–H groups in total. The summed E-state index contributed by atoms with van der Waals surface area (Å²) in [5, 5.41) is 0. The summed E-state index contributed by atoms with van der Waals surface area (Å²) >= 11 is 5.51. The average molecular weight is 366 g/mol. The lowest BCUT2D eigenvalue weighted by atomic mass is 9.49. The van der Waals surface area contributed by atoms with Crippen LogP contribution in [0.5, 0.6) is 0 Å². The second-order valence-corrected chi connectivity index (χ2v) is 9.75. The van der Waals surface area contributed by atoms with Gasteiger partial charge >= 0.3 is 0 Å². The number of anilines is 1. The van der Waals surface area contributed by atoms with Gasteiger partial charge in [-0.15, -0.1) is 11.8 Å². The third-order valence-corrected chi connectivity index (χ3v) is 7.60. The van der Waals surface area contributed by atoms with Gasteiger partial charge in [0.05, 0.1) is 0 Å². The van der Waals surface area contributed by atoms with Crippen molar-refractivity contribution >= 4 is 33.4 Å². The summed E-state index contributed by atoms with van der Waals surface area (Å²) in [6, 6.07) is 6.20. The summed E-state index contributed by atoms with van der Waals surface area (Å²) in [5.74, 6) is 4.43. The Morgan fingerprint density at radius 3 is 2.33 bits per heavy atom. The molecule has 4 fully saturated rings. The first kappa shape index (κ1) is 14.4. The van der Waals surface area contributed by atoms with E-state index in [1.807, 2.05) is 23.9 Å². The van der Waals surface area contributed by atoms with Crippen molar-refractivity contribution in [2.75, 3.05) is 11.5 Å². The molecule has 1 aromatic rings. The Balaban J connectivity index is 1.40. The fraction of sp³-hybridized carbons (Fsp3) is 0.667. The van der Waals surface area contributed by atoms with Gasteiger partial charge in [-0.1, -0.05) is 15.9 Å². The van der Waals surface area contributed by atoms with Crippen LogP contribution in [0.15, 0.2) is 27.6 Å². The van der Waals surface area contributed by atoms with Gasteiger partial charge in [-0.3, -0.25) is 0 Å². The van der Waals surface area contributed by atoms with E-state index >= 15 is 0 Å². The minimum atomic E-state index is 0.697. The number of benzene rings is 1. The Labute approximate surface area is 140 Å². The molecule has 114 valence electrons. The lowest BCUT2D eigenvalue weighted by molar-refractivity contribution is -0.0538. The first-order valence-corrected chi connectivity index (χ1v) is 10.1. The molecule has 21 heavy (non-hydrogen) atoms. The number of rotatable bonds is 4. The molecule has 4 bridgehead atoms. The molecule has 0 aromatic heterocycles. The molecule has 0 spiro atoms. The van der Waals surface area contributed by atoms with Gasteiger partial charge in [-0.05, 0) is 92.1 Å². The van der Waals surface area contributed by atoms with Crippen molar-refractivity contribution in [1.82, 2.24) is 0 Å². The average Bonchev–Trinajstić information content (AvgIpc) is 2.41. The van der Waals surface area contributed by atoms with Gasteiger partial charge in [-0.2, -0.15) is 0 Å². The van der Waals surface area contributed by atoms with E-state index in [0.717, 1.165) is 27.9 Å². The highest BCUT2D eigenvalue weighted by Gasteiger charge is 2.50. The molecule has 0 saturated heterocycles. The SMILES string of the molecule is Nc1ccc(Br)cc1SCCC12CC3CC(CC(C3)C1)C2. The fourth-order valence-corrected chi connectivity index (χ4v) is 7.32. The zero-order chi connectivity index (χ0) is 14.4. The van der Waals surface area contributed by atoms with E-state index in [0.29, 0.717) is 5.41 Å².